The van der Waals surface area contributed by atoms with Crippen molar-refractivity contribution in [1.82, 2.24) is 20.7 Å². The second-order valence-corrected chi connectivity index (χ2v) is 3.46. The van der Waals surface area contributed by atoms with Gasteiger partial charge in [-0.3, -0.25) is 10.2 Å². The molecule has 17 heavy (non-hydrogen) atoms. The number of urea groups is 1. The van der Waals surface area contributed by atoms with Crippen LogP contribution >= 0.6 is 0 Å². The van der Waals surface area contributed by atoms with E-state index in [0.29, 0.717) is 6.54 Å². The standard InChI is InChI=1S/C11H16N4O2/c1-3-6-12-11(17)14-13-10(16)8-9-5-4-7-15(9)2/h3-5,7H,1,6,8H2,2H3,(H,13,16)(H2,12,14,17). The minimum absolute atomic E-state index is 0.214. The number of carbonyl (C=O) groups excluding carboxylic acids is 2. The summed E-state index contributed by atoms with van der Waals surface area (Å²) < 4.78 is 1.84. The lowest BCUT2D eigenvalue weighted by Crippen LogP contribution is -2.47. The molecule has 0 unspecified atom stereocenters. The Bertz CT molecular complexity index is 411. The molecule has 0 saturated carbocycles. The van der Waals surface area contributed by atoms with E-state index in [0.717, 1.165) is 5.69 Å². The fourth-order valence-corrected chi connectivity index (χ4v) is 1.22. The van der Waals surface area contributed by atoms with Gasteiger partial charge in [-0.2, -0.15) is 0 Å². The van der Waals surface area contributed by atoms with E-state index in [4.69, 9.17) is 0 Å². The van der Waals surface area contributed by atoms with E-state index in [1.807, 2.05) is 29.9 Å². The highest BCUT2D eigenvalue weighted by atomic mass is 16.2. The summed E-state index contributed by atoms with van der Waals surface area (Å²) in [6.45, 7) is 3.80. The van der Waals surface area contributed by atoms with Crippen molar-refractivity contribution in [3.8, 4) is 0 Å². The Hall–Kier alpha value is -2.24. The van der Waals surface area contributed by atoms with E-state index in [1.54, 1.807) is 6.08 Å². The number of nitrogens with zero attached hydrogens (tertiary/aromatic N) is 1. The molecule has 0 spiro atoms. The molecule has 0 atom stereocenters. The van der Waals surface area contributed by atoms with Crippen LogP contribution in [0.2, 0.25) is 0 Å². The molecule has 1 heterocycles. The predicted molar refractivity (Wildman–Crippen MR) is 64.0 cm³/mol. The van der Waals surface area contributed by atoms with Gasteiger partial charge in [-0.25, -0.2) is 10.2 Å². The van der Waals surface area contributed by atoms with Crippen molar-refractivity contribution < 1.29 is 9.59 Å². The molecule has 1 aromatic rings. The van der Waals surface area contributed by atoms with Crippen LogP contribution in [0.15, 0.2) is 31.0 Å². The zero-order valence-electron chi connectivity index (χ0n) is 9.69. The average Bonchev–Trinajstić information content (AvgIpc) is 2.69. The maximum atomic E-state index is 11.5. The summed E-state index contributed by atoms with van der Waals surface area (Å²) in [6, 6.07) is 3.23. The van der Waals surface area contributed by atoms with Crippen LogP contribution in [0.4, 0.5) is 4.79 Å². The number of rotatable bonds is 4. The molecule has 0 aliphatic rings. The van der Waals surface area contributed by atoms with Gasteiger partial charge in [-0.05, 0) is 12.1 Å². The summed E-state index contributed by atoms with van der Waals surface area (Å²) in [5, 5.41) is 2.47. The normalized spacial score (nSPS) is 9.47. The number of amides is 3. The number of aryl methyl sites for hydroxylation is 1. The van der Waals surface area contributed by atoms with Gasteiger partial charge in [0.2, 0.25) is 5.91 Å². The van der Waals surface area contributed by atoms with Crippen molar-refractivity contribution in [2.45, 2.75) is 6.42 Å². The molecule has 0 saturated heterocycles. The van der Waals surface area contributed by atoms with Crippen molar-refractivity contribution in [2.75, 3.05) is 6.54 Å². The van der Waals surface area contributed by atoms with E-state index in [9.17, 15) is 9.59 Å². The second-order valence-electron chi connectivity index (χ2n) is 3.46. The van der Waals surface area contributed by atoms with Crippen molar-refractivity contribution in [1.29, 1.82) is 0 Å². The SMILES string of the molecule is C=CCNC(=O)NNC(=O)Cc1cccn1C. The molecule has 3 amide bonds. The Morgan fingerprint density at radius 1 is 1.47 bits per heavy atom. The van der Waals surface area contributed by atoms with Crippen molar-refractivity contribution in [3.05, 3.63) is 36.7 Å². The Kier molecular flexibility index (Phi) is 4.80. The lowest BCUT2D eigenvalue weighted by molar-refractivity contribution is -0.121. The van der Waals surface area contributed by atoms with Crippen LogP contribution in [-0.4, -0.2) is 23.1 Å². The maximum absolute atomic E-state index is 11.5. The highest BCUT2D eigenvalue weighted by molar-refractivity contribution is 5.82. The number of nitrogens with one attached hydrogen (secondary N) is 3. The monoisotopic (exact) mass is 236 g/mol. The Labute approximate surface area is 99.7 Å². The molecule has 0 aliphatic heterocycles. The Morgan fingerprint density at radius 2 is 2.24 bits per heavy atom. The average molecular weight is 236 g/mol. The van der Waals surface area contributed by atoms with Gasteiger partial charge >= 0.3 is 6.03 Å². The number of hydrogen-bond acceptors (Lipinski definition) is 2. The van der Waals surface area contributed by atoms with Crippen LogP contribution in [0.5, 0.6) is 0 Å². The van der Waals surface area contributed by atoms with Crippen LogP contribution < -0.4 is 16.2 Å². The Morgan fingerprint density at radius 3 is 2.82 bits per heavy atom. The lowest BCUT2D eigenvalue weighted by atomic mass is 10.3. The molecule has 0 bridgehead atoms. The molecular formula is C11H16N4O2. The number of aromatic nitrogens is 1. The third-order valence-electron chi connectivity index (χ3n) is 2.12. The number of hydrazine groups is 1. The van der Waals surface area contributed by atoms with Crippen molar-refractivity contribution in [2.24, 2.45) is 7.05 Å². The lowest BCUT2D eigenvalue weighted by Gasteiger charge is -2.08. The molecule has 1 aromatic heterocycles. The summed E-state index contributed by atoms with van der Waals surface area (Å²) in [5.41, 5.74) is 5.42. The molecule has 0 fully saturated rings. The Balaban J connectivity index is 2.28. The van der Waals surface area contributed by atoms with Crippen LogP contribution in [-0.2, 0) is 18.3 Å². The first-order valence-corrected chi connectivity index (χ1v) is 5.17. The highest BCUT2D eigenvalue weighted by Crippen LogP contribution is 1.99. The largest absolute Gasteiger partial charge is 0.354 e. The third-order valence-corrected chi connectivity index (χ3v) is 2.12. The maximum Gasteiger partial charge on any atom is 0.333 e. The van der Waals surface area contributed by atoms with E-state index in [2.05, 4.69) is 22.7 Å². The van der Waals surface area contributed by atoms with Gasteiger partial charge in [0.1, 0.15) is 0 Å². The van der Waals surface area contributed by atoms with Crippen molar-refractivity contribution >= 4 is 11.9 Å². The summed E-state index contributed by atoms with van der Waals surface area (Å²) in [4.78, 5) is 22.5. The molecule has 0 aromatic carbocycles. The third kappa shape index (κ3) is 4.42. The van der Waals surface area contributed by atoms with Gasteiger partial charge in [-0.15, -0.1) is 6.58 Å². The van der Waals surface area contributed by atoms with Crippen LogP contribution in [0, 0.1) is 0 Å². The van der Waals surface area contributed by atoms with Crippen LogP contribution in [0.25, 0.3) is 0 Å². The van der Waals surface area contributed by atoms with Crippen molar-refractivity contribution in [3.63, 3.8) is 0 Å². The summed E-state index contributed by atoms with van der Waals surface area (Å²) in [5.74, 6) is -0.277. The highest BCUT2D eigenvalue weighted by Gasteiger charge is 2.06. The van der Waals surface area contributed by atoms with Gasteiger partial charge in [0.15, 0.2) is 0 Å². The molecule has 6 nitrogen and oxygen atoms in total. The first-order valence-electron chi connectivity index (χ1n) is 5.17. The van der Waals surface area contributed by atoms with Gasteiger partial charge in [0, 0.05) is 25.5 Å². The van der Waals surface area contributed by atoms with Gasteiger partial charge in [-0.1, -0.05) is 6.08 Å². The summed E-state index contributed by atoms with van der Waals surface area (Å²) in [6.07, 6.45) is 3.61. The topological polar surface area (TPSA) is 75.2 Å². The first-order chi connectivity index (χ1) is 8.13. The zero-order chi connectivity index (χ0) is 12.7. The zero-order valence-corrected chi connectivity index (χ0v) is 9.69. The van der Waals surface area contributed by atoms with E-state index < -0.39 is 6.03 Å². The molecule has 3 N–H and O–H groups in total. The molecule has 1 rings (SSSR count). The number of carbonyl (C=O) groups is 2. The predicted octanol–water partition coefficient (Wildman–Crippen LogP) is 0.0840. The fourth-order valence-electron chi connectivity index (χ4n) is 1.22. The minimum Gasteiger partial charge on any atom is -0.354 e. The van der Waals surface area contributed by atoms with Crippen LogP contribution in [0.1, 0.15) is 5.69 Å². The van der Waals surface area contributed by atoms with E-state index in [1.165, 1.54) is 0 Å². The second kappa shape index (κ2) is 6.37. The van der Waals surface area contributed by atoms with E-state index in [-0.39, 0.29) is 12.3 Å². The molecular weight excluding hydrogens is 220 g/mol. The van der Waals surface area contributed by atoms with E-state index >= 15 is 0 Å². The summed E-state index contributed by atoms with van der Waals surface area (Å²) >= 11 is 0. The minimum atomic E-state index is -0.467. The molecule has 92 valence electrons. The van der Waals surface area contributed by atoms with Crippen LogP contribution in [0.3, 0.4) is 0 Å². The summed E-state index contributed by atoms with van der Waals surface area (Å²) in [7, 11) is 1.85. The first kappa shape index (κ1) is 12.8. The molecule has 6 heteroatoms. The smallest absolute Gasteiger partial charge is 0.333 e. The number of hydrogen-bond donors (Lipinski definition) is 3. The van der Waals surface area contributed by atoms with Gasteiger partial charge < -0.3 is 9.88 Å². The molecule has 0 radical (unpaired) electrons. The van der Waals surface area contributed by atoms with Gasteiger partial charge in [0.05, 0.1) is 6.42 Å². The fraction of sp³-hybridized carbons (Fsp3) is 0.273. The molecule has 0 aliphatic carbocycles. The van der Waals surface area contributed by atoms with Gasteiger partial charge in [0.25, 0.3) is 0 Å². The quantitative estimate of drug-likeness (QED) is 0.511.